The number of rotatable bonds is 5. The summed E-state index contributed by atoms with van der Waals surface area (Å²) in [5.74, 6) is -1.20. The predicted molar refractivity (Wildman–Crippen MR) is 166 cm³/mol. The number of para-hydroxylation sites is 1. The van der Waals surface area contributed by atoms with Crippen molar-refractivity contribution in [1.29, 1.82) is 0 Å². The molecule has 3 aromatic rings. The Morgan fingerprint density at radius 1 is 1.16 bits per heavy atom. The number of benzene rings is 2. The summed E-state index contributed by atoms with van der Waals surface area (Å²) in [6, 6.07) is 13.7. The summed E-state index contributed by atoms with van der Waals surface area (Å²) < 4.78 is 12.4. The molecule has 226 valence electrons. The number of fused-ring (bicyclic) bond motifs is 3. The molecule has 1 aromatic heterocycles. The predicted octanol–water partition coefficient (Wildman–Crippen LogP) is 5.35. The van der Waals surface area contributed by atoms with Crippen molar-refractivity contribution in [2.24, 2.45) is 5.92 Å². The molecule has 0 radical (unpaired) electrons. The highest BCUT2D eigenvalue weighted by Gasteiger charge is 2.62. The summed E-state index contributed by atoms with van der Waals surface area (Å²) in [5.41, 5.74) is 0.448. The van der Waals surface area contributed by atoms with Gasteiger partial charge in [0.05, 0.1) is 23.9 Å². The third-order valence-corrected chi connectivity index (χ3v) is 9.66. The fourth-order valence-electron chi connectivity index (χ4n) is 6.14. The zero-order chi connectivity index (χ0) is 30.0. The van der Waals surface area contributed by atoms with Crippen LogP contribution >= 0.6 is 22.9 Å². The number of carbonyl (C=O) groups is 3. The second-order valence-electron chi connectivity index (χ2n) is 11.5. The van der Waals surface area contributed by atoms with E-state index in [-0.39, 0.29) is 30.7 Å². The molecule has 5 atom stereocenters. The number of nitrogens with one attached hydrogen (secondary N) is 2. The molecule has 0 spiro atoms. The van der Waals surface area contributed by atoms with Gasteiger partial charge in [-0.25, -0.2) is 9.78 Å². The smallest absolute Gasteiger partial charge is 0.332 e. The highest BCUT2D eigenvalue weighted by atomic mass is 35.5. The van der Waals surface area contributed by atoms with E-state index in [1.807, 2.05) is 42.5 Å². The molecule has 0 unspecified atom stereocenters. The molecule has 2 fully saturated rings. The minimum absolute atomic E-state index is 0.147. The Kier molecular flexibility index (Phi) is 8.59. The van der Waals surface area contributed by atoms with Gasteiger partial charge in [0.15, 0.2) is 0 Å². The Balaban J connectivity index is 1.29. The van der Waals surface area contributed by atoms with Crippen molar-refractivity contribution in [3.63, 3.8) is 0 Å². The third kappa shape index (κ3) is 6.35. The van der Waals surface area contributed by atoms with E-state index in [0.717, 1.165) is 41.6 Å². The number of anilines is 1. The molecule has 1 saturated heterocycles. The first kappa shape index (κ1) is 29.4. The number of hydrogen-bond acceptors (Lipinski definition) is 8. The number of thiazole rings is 1. The lowest BCUT2D eigenvalue weighted by Crippen LogP contribution is -2.55. The van der Waals surface area contributed by atoms with Crippen molar-refractivity contribution in [3.8, 4) is 5.19 Å². The monoisotopic (exact) mass is 622 g/mol. The Hall–Kier alpha value is -3.63. The summed E-state index contributed by atoms with van der Waals surface area (Å²) in [6.45, 7) is 0.217. The molecular formula is C32H35ClN4O5S. The van der Waals surface area contributed by atoms with Crippen molar-refractivity contribution in [3.05, 3.63) is 65.7 Å². The van der Waals surface area contributed by atoms with Crippen LogP contribution in [0.5, 0.6) is 5.19 Å². The van der Waals surface area contributed by atoms with Gasteiger partial charge in [0, 0.05) is 23.0 Å². The van der Waals surface area contributed by atoms with E-state index in [4.69, 9.17) is 21.1 Å². The molecule has 2 amide bonds. The van der Waals surface area contributed by atoms with Crippen LogP contribution in [-0.4, -0.2) is 65.0 Å². The number of methoxy groups -OCH3 is 1. The Morgan fingerprint density at radius 3 is 2.84 bits per heavy atom. The lowest BCUT2D eigenvalue weighted by atomic mass is 10.0. The molecule has 9 nitrogen and oxygen atoms in total. The molecule has 1 aliphatic carbocycles. The molecule has 2 aliphatic heterocycles. The number of halogens is 1. The number of hydrogen-bond donors (Lipinski definition) is 2. The minimum atomic E-state index is -1.12. The number of carbonyl (C=O) groups excluding carboxylic acids is 3. The Labute approximate surface area is 259 Å². The van der Waals surface area contributed by atoms with Crippen LogP contribution in [0.25, 0.3) is 10.2 Å². The average molecular weight is 623 g/mol. The Bertz CT molecular complexity index is 1510. The molecule has 43 heavy (non-hydrogen) atoms. The number of ether oxygens (including phenoxy) is 2. The zero-order valence-corrected chi connectivity index (χ0v) is 25.5. The number of esters is 1. The lowest BCUT2D eigenvalue weighted by Gasteiger charge is -2.30. The first-order chi connectivity index (χ1) is 20.9. The fraction of sp³-hybridized carbons (Fsp3) is 0.438. The summed E-state index contributed by atoms with van der Waals surface area (Å²) in [5, 5.41) is 7.43. The molecule has 3 heterocycles. The standard InChI is InChI=1S/C32H35ClN4O5S/c1-41-30(40)32-18-20(32)10-5-3-2-4-6-14-25(34-22-12-9-11-21(33)16-22)29(39)37-19-23(17-26(37)28(38)36-32)42-31-35-24-13-7-8-15-27(24)43-31/h5,7-13,15-16,20,23,25-26,34H,2-4,6,14,17-19H2,1H3,(H,36,38)/b10-5-/t20-,23+,25-,26-,32+/m0/s1. The first-order valence-corrected chi connectivity index (χ1v) is 16.0. The average Bonchev–Trinajstić information content (AvgIpc) is 3.31. The molecule has 2 N–H and O–H groups in total. The van der Waals surface area contributed by atoms with Crippen LogP contribution in [0.3, 0.4) is 0 Å². The number of allylic oxidation sites excluding steroid dienone is 1. The summed E-state index contributed by atoms with van der Waals surface area (Å²) in [6.07, 6.45) is 8.58. The van der Waals surface area contributed by atoms with E-state index in [1.54, 1.807) is 17.0 Å². The SMILES string of the molecule is COC(=O)[C@@]12C[C@@H]1/C=C\CCCCC[C@H](Nc1cccc(Cl)c1)C(=O)N1C[C@H](Oc3nc4ccccc4s3)C[C@H]1C(=O)N2. The number of aromatic nitrogens is 1. The van der Waals surface area contributed by atoms with Crippen LogP contribution < -0.4 is 15.4 Å². The maximum atomic E-state index is 14.3. The van der Waals surface area contributed by atoms with Gasteiger partial charge >= 0.3 is 5.97 Å². The summed E-state index contributed by atoms with van der Waals surface area (Å²) >= 11 is 7.67. The van der Waals surface area contributed by atoms with E-state index in [1.165, 1.54) is 18.4 Å². The highest BCUT2D eigenvalue weighted by Crippen LogP contribution is 2.46. The van der Waals surface area contributed by atoms with Crippen molar-refractivity contribution in [1.82, 2.24) is 15.2 Å². The zero-order valence-electron chi connectivity index (χ0n) is 24.0. The van der Waals surface area contributed by atoms with Gasteiger partial charge in [-0.05, 0) is 56.0 Å². The number of nitrogens with zero attached hydrogens (tertiary/aromatic N) is 2. The van der Waals surface area contributed by atoms with Crippen molar-refractivity contribution in [2.45, 2.75) is 68.7 Å². The quantitative estimate of drug-likeness (QED) is 0.292. The molecule has 1 saturated carbocycles. The van der Waals surface area contributed by atoms with E-state index < -0.39 is 29.7 Å². The van der Waals surface area contributed by atoms with Gasteiger partial charge in [0.2, 0.25) is 11.8 Å². The summed E-state index contributed by atoms with van der Waals surface area (Å²) in [4.78, 5) is 47.3. The van der Waals surface area contributed by atoms with Crippen LogP contribution in [0.4, 0.5) is 5.69 Å². The molecule has 3 aliphatic rings. The van der Waals surface area contributed by atoms with Gasteiger partial charge in [-0.15, -0.1) is 0 Å². The van der Waals surface area contributed by atoms with Crippen LogP contribution in [0.1, 0.15) is 44.9 Å². The van der Waals surface area contributed by atoms with Crippen molar-refractivity contribution < 1.29 is 23.9 Å². The van der Waals surface area contributed by atoms with Gasteiger partial charge in [-0.2, -0.15) is 0 Å². The third-order valence-electron chi connectivity index (χ3n) is 8.50. The maximum absolute atomic E-state index is 14.3. The topological polar surface area (TPSA) is 110 Å². The summed E-state index contributed by atoms with van der Waals surface area (Å²) in [7, 11) is 1.33. The van der Waals surface area contributed by atoms with E-state index in [2.05, 4.69) is 21.7 Å². The van der Waals surface area contributed by atoms with Crippen LogP contribution in [0, 0.1) is 5.92 Å². The normalized spacial score (nSPS) is 28.6. The van der Waals surface area contributed by atoms with Crippen molar-refractivity contribution in [2.75, 3.05) is 19.0 Å². The van der Waals surface area contributed by atoms with Crippen LogP contribution in [0.15, 0.2) is 60.7 Å². The van der Waals surface area contributed by atoms with Gasteiger partial charge in [0.1, 0.15) is 23.7 Å². The van der Waals surface area contributed by atoms with Gasteiger partial charge in [-0.3, -0.25) is 9.59 Å². The highest BCUT2D eigenvalue weighted by molar-refractivity contribution is 7.20. The molecule has 6 rings (SSSR count). The van der Waals surface area contributed by atoms with E-state index in [9.17, 15) is 14.4 Å². The molecule has 11 heteroatoms. The van der Waals surface area contributed by atoms with Gasteiger partial charge in [-0.1, -0.05) is 66.1 Å². The van der Waals surface area contributed by atoms with Gasteiger partial charge in [0.25, 0.3) is 5.19 Å². The van der Waals surface area contributed by atoms with Crippen LogP contribution in [-0.2, 0) is 19.1 Å². The second kappa shape index (κ2) is 12.5. The maximum Gasteiger partial charge on any atom is 0.332 e. The molecule has 2 aromatic carbocycles. The van der Waals surface area contributed by atoms with E-state index >= 15 is 0 Å². The Morgan fingerprint density at radius 2 is 2.02 bits per heavy atom. The molecule has 0 bridgehead atoms. The molecular weight excluding hydrogens is 588 g/mol. The van der Waals surface area contributed by atoms with Crippen molar-refractivity contribution >= 4 is 56.6 Å². The van der Waals surface area contributed by atoms with Crippen LogP contribution in [0.2, 0.25) is 5.02 Å². The second-order valence-corrected chi connectivity index (χ2v) is 12.9. The minimum Gasteiger partial charge on any atom is -0.467 e. The number of amides is 2. The van der Waals surface area contributed by atoms with E-state index in [0.29, 0.717) is 23.1 Å². The fourth-order valence-corrected chi connectivity index (χ4v) is 7.21. The van der Waals surface area contributed by atoms with Gasteiger partial charge < -0.3 is 25.0 Å². The largest absolute Gasteiger partial charge is 0.467 e. The lowest BCUT2D eigenvalue weighted by molar-refractivity contribution is -0.148. The first-order valence-electron chi connectivity index (χ1n) is 14.8.